The van der Waals surface area contributed by atoms with Gasteiger partial charge in [-0.25, -0.2) is 0 Å². The molecule has 3 rings (SSSR count). The summed E-state index contributed by atoms with van der Waals surface area (Å²) in [4.78, 5) is 5.30. The summed E-state index contributed by atoms with van der Waals surface area (Å²) >= 11 is 0.133. The van der Waals surface area contributed by atoms with Crippen LogP contribution in [0.2, 0.25) is 5.32 Å². The molecule has 0 saturated heterocycles. The van der Waals surface area contributed by atoms with E-state index in [1.807, 2.05) is 54.6 Å². The van der Waals surface area contributed by atoms with E-state index in [2.05, 4.69) is 11.9 Å². The zero-order valence-electron chi connectivity index (χ0n) is 11.8. The van der Waals surface area contributed by atoms with Crippen molar-refractivity contribution in [3.63, 3.8) is 0 Å². The van der Waals surface area contributed by atoms with Gasteiger partial charge >= 0.3 is 130 Å². The predicted molar refractivity (Wildman–Crippen MR) is 84.8 cm³/mol. The van der Waals surface area contributed by atoms with Crippen LogP contribution in [0.25, 0.3) is 11.1 Å². The van der Waals surface area contributed by atoms with E-state index >= 15 is 0 Å². The van der Waals surface area contributed by atoms with Crippen LogP contribution in [0, 0.1) is 5.92 Å². The van der Waals surface area contributed by atoms with Crippen LogP contribution in [-0.4, -0.2) is 25.0 Å². The standard InChI is InChI=1S/C17H17NO2Se/c1-12(16(19)13-7-3-2-4-8-13)11-21-17-18-14-9-5-6-10-15(14)20-17/h2-10,12,16,19H,11H2,1H3/t12-,16+/m1/s1. The Bertz CT molecular complexity index is 678. The SMILES string of the molecule is C[C@H](C[Se]c1nc2ccccc2o1)[C@H](O)c1ccccc1. The van der Waals surface area contributed by atoms with Gasteiger partial charge in [0.05, 0.1) is 0 Å². The van der Waals surface area contributed by atoms with Crippen LogP contribution in [0.1, 0.15) is 18.6 Å². The van der Waals surface area contributed by atoms with E-state index in [1.165, 1.54) is 0 Å². The molecule has 2 aromatic carbocycles. The number of aliphatic hydroxyl groups excluding tert-OH is 1. The Morgan fingerprint density at radius 1 is 1.10 bits per heavy atom. The van der Waals surface area contributed by atoms with Gasteiger partial charge in [-0.3, -0.25) is 0 Å². The molecule has 108 valence electrons. The molecule has 1 aromatic heterocycles. The molecular weight excluding hydrogens is 329 g/mol. The van der Waals surface area contributed by atoms with E-state index in [9.17, 15) is 5.11 Å². The van der Waals surface area contributed by atoms with Crippen LogP contribution < -0.4 is 4.79 Å². The van der Waals surface area contributed by atoms with E-state index in [0.29, 0.717) is 0 Å². The number of aliphatic hydroxyl groups is 1. The van der Waals surface area contributed by atoms with Crippen LogP contribution in [0.3, 0.4) is 0 Å². The first kappa shape index (κ1) is 14.3. The van der Waals surface area contributed by atoms with Crippen molar-refractivity contribution in [1.82, 2.24) is 4.98 Å². The number of para-hydroxylation sites is 2. The van der Waals surface area contributed by atoms with Gasteiger partial charge in [0.15, 0.2) is 0 Å². The summed E-state index contributed by atoms with van der Waals surface area (Å²) in [6, 6.07) is 17.6. The van der Waals surface area contributed by atoms with Gasteiger partial charge < -0.3 is 0 Å². The summed E-state index contributed by atoms with van der Waals surface area (Å²) in [5.41, 5.74) is 2.72. The molecule has 0 bridgehead atoms. The molecule has 0 amide bonds. The fourth-order valence-electron chi connectivity index (χ4n) is 2.19. The molecular formula is C17H17NO2Se. The Kier molecular flexibility index (Phi) is 4.39. The first-order chi connectivity index (χ1) is 10.2. The zero-order valence-corrected chi connectivity index (χ0v) is 13.5. The molecule has 0 aliphatic rings. The monoisotopic (exact) mass is 347 g/mol. The van der Waals surface area contributed by atoms with Crippen molar-refractivity contribution in [2.75, 3.05) is 0 Å². The van der Waals surface area contributed by atoms with Crippen LogP contribution in [0.15, 0.2) is 59.0 Å². The molecule has 4 heteroatoms. The Hall–Kier alpha value is -1.61. The quantitative estimate of drug-likeness (QED) is 0.723. The molecule has 3 nitrogen and oxygen atoms in total. The maximum absolute atomic E-state index is 10.4. The first-order valence-electron chi connectivity index (χ1n) is 6.95. The minimum atomic E-state index is -0.433. The van der Waals surface area contributed by atoms with E-state index < -0.39 is 6.10 Å². The fourth-order valence-corrected chi connectivity index (χ4v) is 4.07. The molecule has 0 saturated carbocycles. The molecule has 0 radical (unpaired) electrons. The van der Waals surface area contributed by atoms with Gasteiger partial charge in [0, 0.05) is 0 Å². The summed E-state index contributed by atoms with van der Waals surface area (Å²) in [6.45, 7) is 2.07. The van der Waals surface area contributed by atoms with Crippen molar-refractivity contribution >= 4 is 30.8 Å². The summed E-state index contributed by atoms with van der Waals surface area (Å²) in [6.07, 6.45) is -0.433. The average molecular weight is 346 g/mol. The summed E-state index contributed by atoms with van der Waals surface area (Å²) in [7, 11) is 0. The van der Waals surface area contributed by atoms with Gasteiger partial charge in [-0.1, -0.05) is 0 Å². The van der Waals surface area contributed by atoms with E-state index in [0.717, 1.165) is 26.8 Å². The van der Waals surface area contributed by atoms with Crippen molar-refractivity contribution in [1.29, 1.82) is 0 Å². The second-order valence-electron chi connectivity index (χ2n) is 5.09. The van der Waals surface area contributed by atoms with Crippen LogP contribution in [0.4, 0.5) is 0 Å². The number of benzene rings is 2. The summed E-state index contributed by atoms with van der Waals surface area (Å²) in [5.74, 6) is 0.183. The summed E-state index contributed by atoms with van der Waals surface area (Å²) in [5, 5.41) is 11.3. The number of aromatic nitrogens is 1. The second kappa shape index (κ2) is 6.44. The van der Waals surface area contributed by atoms with E-state index in [1.54, 1.807) is 0 Å². The average Bonchev–Trinajstić information content (AvgIpc) is 2.95. The third kappa shape index (κ3) is 3.35. The Morgan fingerprint density at radius 2 is 1.81 bits per heavy atom. The predicted octanol–water partition coefficient (Wildman–Crippen LogP) is 2.95. The Balaban J connectivity index is 1.64. The molecule has 1 N–H and O–H groups in total. The first-order valence-corrected chi connectivity index (χ1v) is 9.02. The maximum atomic E-state index is 10.4. The third-order valence-electron chi connectivity index (χ3n) is 3.42. The molecule has 0 fully saturated rings. The van der Waals surface area contributed by atoms with Crippen LogP contribution in [-0.2, 0) is 0 Å². The molecule has 0 unspecified atom stereocenters. The van der Waals surface area contributed by atoms with Gasteiger partial charge in [0.25, 0.3) is 0 Å². The van der Waals surface area contributed by atoms with Crippen molar-refractivity contribution < 1.29 is 9.52 Å². The Labute approximate surface area is 130 Å². The van der Waals surface area contributed by atoms with E-state index in [-0.39, 0.29) is 20.9 Å². The molecule has 3 aromatic rings. The van der Waals surface area contributed by atoms with Crippen LogP contribution >= 0.6 is 0 Å². The number of rotatable bonds is 5. The van der Waals surface area contributed by atoms with Crippen LogP contribution in [0.5, 0.6) is 0 Å². The number of fused-ring (bicyclic) bond motifs is 1. The van der Waals surface area contributed by atoms with Crippen molar-refractivity contribution in [3.05, 3.63) is 60.2 Å². The van der Waals surface area contributed by atoms with Crippen molar-refractivity contribution in [3.8, 4) is 0 Å². The van der Waals surface area contributed by atoms with Gasteiger partial charge in [-0.2, -0.15) is 0 Å². The topological polar surface area (TPSA) is 46.3 Å². The van der Waals surface area contributed by atoms with Crippen molar-refractivity contribution in [2.45, 2.75) is 18.3 Å². The van der Waals surface area contributed by atoms with Gasteiger partial charge in [0.1, 0.15) is 0 Å². The molecule has 2 atom stereocenters. The number of hydrogen-bond donors (Lipinski definition) is 1. The summed E-state index contributed by atoms with van der Waals surface area (Å²) < 4.78 is 5.74. The number of oxazole rings is 1. The Morgan fingerprint density at radius 3 is 2.57 bits per heavy atom. The zero-order chi connectivity index (χ0) is 14.7. The van der Waals surface area contributed by atoms with E-state index in [4.69, 9.17) is 4.42 Å². The normalized spacial score (nSPS) is 14.2. The number of nitrogens with zero attached hydrogens (tertiary/aromatic N) is 1. The molecule has 1 heterocycles. The molecule has 0 aliphatic carbocycles. The molecule has 0 aliphatic heterocycles. The fraction of sp³-hybridized carbons (Fsp3) is 0.235. The number of hydrogen-bond acceptors (Lipinski definition) is 3. The minimum absolute atomic E-state index is 0.133. The second-order valence-corrected chi connectivity index (χ2v) is 7.13. The van der Waals surface area contributed by atoms with Crippen molar-refractivity contribution in [2.24, 2.45) is 5.92 Å². The molecule has 0 spiro atoms. The van der Waals surface area contributed by atoms with Gasteiger partial charge in [0.2, 0.25) is 0 Å². The van der Waals surface area contributed by atoms with Gasteiger partial charge in [-0.15, -0.1) is 0 Å². The van der Waals surface area contributed by atoms with Gasteiger partial charge in [-0.05, 0) is 0 Å². The molecule has 21 heavy (non-hydrogen) atoms. The third-order valence-corrected chi connectivity index (χ3v) is 5.76.